The first kappa shape index (κ1) is 23.5. The standard InChI is InChI=1S/C23H19F2N7O3/c1-23(15-11-29-32(2)22(15)34-3,19-6-4-5-14(9-26)30-19)12-28-21(33)17-8-18(35-31-17)20-16(25)7-13(24)10-27-20/h4-8,10-11H,12H2,1-3H3,(H,28,33). The zero-order valence-corrected chi connectivity index (χ0v) is 18.9. The molecule has 0 spiro atoms. The molecule has 0 aliphatic carbocycles. The molecule has 1 atom stereocenters. The quantitative estimate of drug-likeness (QED) is 0.428. The van der Waals surface area contributed by atoms with E-state index in [1.807, 2.05) is 13.0 Å². The van der Waals surface area contributed by atoms with Gasteiger partial charge >= 0.3 is 0 Å². The van der Waals surface area contributed by atoms with Crippen LogP contribution in [0.4, 0.5) is 8.78 Å². The molecular weight excluding hydrogens is 460 g/mol. The van der Waals surface area contributed by atoms with Crippen LogP contribution in [0.1, 0.15) is 34.4 Å². The molecule has 1 N–H and O–H groups in total. The maximum absolute atomic E-state index is 14.0. The second-order valence-electron chi connectivity index (χ2n) is 7.79. The number of nitriles is 1. The van der Waals surface area contributed by atoms with Crippen molar-refractivity contribution in [1.82, 2.24) is 30.2 Å². The van der Waals surface area contributed by atoms with Gasteiger partial charge in [0.2, 0.25) is 5.88 Å². The first-order chi connectivity index (χ1) is 16.8. The van der Waals surface area contributed by atoms with E-state index < -0.39 is 23.0 Å². The smallest absolute Gasteiger partial charge is 0.273 e. The van der Waals surface area contributed by atoms with Gasteiger partial charge in [0.05, 0.1) is 30.6 Å². The molecule has 4 aromatic heterocycles. The Morgan fingerprint density at radius 1 is 1.31 bits per heavy atom. The number of carbonyl (C=O) groups is 1. The molecule has 4 rings (SSSR count). The maximum Gasteiger partial charge on any atom is 0.273 e. The van der Waals surface area contributed by atoms with Crippen molar-refractivity contribution in [2.45, 2.75) is 12.3 Å². The van der Waals surface area contributed by atoms with Crippen molar-refractivity contribution < 1.29 is 22.8 Å². The van der Waals surface area contributed by atoms with E-state index in [2.05, 4.69) is 25.5 Å². The lowest BCUT2D eigenvalue weighted by molar-refractivity contribution is 0.0937. The summed E-state index contributed by atoms with van der Waals surface area (Å²) in [7, 11) is 3.21. The number of nitrogens with zero attached hydrogens (tertiary/aromatic N) is 6. The van der Waals surface area contributed by atoms with Crippen LogP contribution in [0, 0.1) is 23.0 Å². The summed E-state index contributed by atoms with van der Waals surface area (Å²) in [4.78, 5) is 21.0. The monoisotopic (exact) mass is 479 g/mol. The van der Waals surface area contributed by atoms with Crippen LogP contribution in [0.2, 0.25) is 0 Å². The number of aryl methyl sites for hydroxylation is 1. The molecule has 4 heterocycles. The summed E-state index contributed by atoms with van der Waals surface area (Å²) in [5.41, 5.74) is -0.0345. The Bertz CT molecular complexity index is 1440. The van der Waals surface area contributed by atoms with Gasteiger partial charge in [0.25, 0.3) is 5.91 Å². The highest BCUT2D eigenvalue weighted by Crippen LogP contribution is 2.36. The van der Waals surface area contributed by atoms with Crippen molar-refractivity contribution >= 4 is 5.91 Å². The predicted molar refractivity (Wildman–Crippen MR) is 117 cm³/mol. The number of halogens is 2. The second kappa shape index (κ2) is 9.30. The molecule has 1 amide bonds. The van der Waals surface area contributed by atoms with Crippen molar-refractivity contribution in [3.8, 4) is 23.4 Å². The first-order valence-electron chi connectivity index (χ1n) is 10.3. The normalized spacial score (nSPS) is 12.6. The highest BCUT2D eigenvalue weighted by atomic mass is 19.1. The van der Waals surface area contributed by atoms with Gasteiger partial charge in [-0.05, 0) is 19.1 Å². The fourth-order valence-electron chi connectivity index (χ4n) is 3.61. The number of pyridine rings is 2. The molecule has 35 heavy (non-hydrogen) atoms. The topological polar surface area (TPSA) is 132 Å². The molecule has 1 unspecified atom stereocenters. The summed E-state index contributed by atoms with van der Waals surface area (Å²) in [6, 6.07) is 8.86. The van der Waals surface area contributed by atoms with Gasteiger partial charge in [-0.25, -0.2) is 23.4 Å². The van der Waals surface area contributed by atoms with Crippen molar-refractivity contribution in [3.05, 3.63) is 77.0 Å². The first-order valence-corrected chi connectivity index (χ1v) is 10.3. The van der Waals surface area contributed by atoms with Gasteiger partial charge in [-0.3, -0.25) is 4.79 Å². The molecule has 0 aliphatic heterocycles. The van der Waals surface area contributed by atoms with E-state index in [9.17, 15) is 18.8 Å². The number of aromatic nitrogens is 5. The lowest BCUT2D eigenvalue weighted by atomic mass is 9.80. The summed E-state index contributed by atoms with van der Waals surface area (Å²) < 4.78 is 39.3. The Balaban J connectivity index is 1.64. The average molecular weight is 479 g/mol. The van der Waals surface area contributed by atoms with Gasteiger partial charge in [-0.2, -0.15) is 10.4 Å². The van der Waals surface area contributed by atoms with Gasteiger partial charge in [0.1, 0.15) is 23.3 Å². The number of hydrogen-bond donors (Lipinski definition) is 1. The van der Waals surface area contributed by atoms with Crippen LogP contribution in [0.15, 0.2) is 47.2 Å². The van der Waals surface area contributed by atoms with Gasteiger partial charge in [-0.1, -0.05) is 11.2 Å². The van der Waals surface area contributed by atoms with Gasteiger partial charge < -0.3 is 14.6 Å². The van der Waals surface area contributed by atoms with E-state index in [4.69, 9.17) is 9.26 Å². The minimum absolute atomic E-state index is 0.0150. The Hall–Kier alpha value is -4.66. The molecule has 0 aromatic carbocycles. The minimum Gasteiger partial charge on any atom is -0.481 e. The SMILES string of the molecule is COc1c(C(C)(CNC(=O)c2cc(-c3ncc(F)cc3F)on2)c2cccc(C#N)n2)cnn1C. The highest BCUT2D eigenvalue weighted by molar-refractivity contribution is 5.93. The molecule has 0 aliphatic rings. The second-order valence-corrected chi connectivity index (χ2v) is 7.79. The molecule has 178 valence electrons. The van der Waals surface area contributed by atoms with Crippen LogP contribution in [-0.2, 0) is 12.5 Å². The van der Waals surface area contributed by atoms with E-state index in [0.29, 0.717) is 23.2 Å². The van der Waals surface area contributed by atoms with E-state index >= 15 is 0 Å². The molecule has 0 radical (unpaired) electrons. The van der Waals surface area contributed by atoms with Crippen LogP contribution in [-0.4, -0.2) is 44.5 Å². The van der Waals surface area contributed by atoms with Crippen molar-refractivity contribution in [3.63, 3.8) is 0 Å². The lowest BCUT2D eigenvalue weighted by Crippen LogP contribution is -2.40. The third-order valence-electron chi connectivity index (χ3n) is 5.49. The van der Waals surface area contributed by atoms with E-state index in [0.717, 1.165) is 6.20 Å². The number of hydrogen-bond acceptors (Lipinski definition) is 8. The Morgan fingerprint density at radius 3 is 2.83 bits per heavy atom. The molecule has 4 aromatic rings. The molecule has 0 bridgehead atoms. The summed E-state index contributed by atoms with van der Waals surface area (Å²) in [5, 5.41) is 20.0. The third kappa shape index (κ3) is 4.43. The Labute approximate surface area is 198 Å². The van der Waals surface area contributed by atoms with E-state index in [1.54, 1.807) is 31.4 Å². The molecule has 0 saturated heterocycles. The summed E-state index contributed by atoms with van der Waals surface area (Å²) in [5.74, 6) is -2.09. The zero-order valence-electron chi connectivity index (χ0n) is 18.9. The zero-order chi connectivity index (χ0) is 25.2. The van der Waals surface area contributed by atoms with Crippen LogP contribution in [0.3, 0.4) is 0 Å². The minimum atomic E-state index is -0.959. The molecule has 0 saturated carbocycles. The van der Waals surface area contributed by atoms with Gasteiger partial charge in [-0.15, -0.1) is 0 Å². The molecular formula is C23H19F2N7O3. The van der Waals surface area contributed by atoms with Crippen molar-refractivity contribution in [2.75, 3.05) is 13.7 Å². The van der Waals surface area contributed by atoms with E-state index in [-0.39, 0.29) is 29.4 Å². The summed E-state index contributed by atoms with van der Waals surface area (Å²) in [6.45, 7) is 1.84. The fourth-order valence-corrected chi connectivity index (χ4v) is 3.61. The Morgan fingerprint density at radius 2 is 2.11 bits per heavy atom. The van der Waals surface area contributed by atoms with E-state index in [1.165, 1.54) is 17.9 Å². The molecule has 12 heteroatoms. The predicted octanol–water partition coefficient (Wildman–Crippen LogP) is 2.76. The number of carbonyl (C=O) groups excluding carboxylic acids is 1. The number of ether oxygens (including phenoxy) is 1. The van der Waals surface area contributed by atoms with Gasteiger partial charge in [0.15, 0.2) is 17.3 Å². The Kier molecular flexibility index (Phi) is 6.24. The van der Waals surface area contributed by atoms with Gasteiger partial charge in [0, 0.05) is 31.3 Å². The average Bonchev–Trinajstić information content (AvgIpc) is 3.49. The summed E-state index contributed by atoms with van der Waals surface area (Å²) in [6.07, 6.45) is 2.43. The summed E-state index contributed by atoms with van der Waals surface area (Å²) >= 11 is 0. The van der Waals surface area contributed by atoms with Crippen LogP contribution < -0.4 is 10.1 Å². The van der Waals surface area contributed by atoms with Crippen molar-refractivity contribution in [1.29, 1.82) is 5.26 Å². The van der Waals surface area contributed by atoms with Crippen LogP contribution in [0.5, 0.6) is 5.88 Å². The van der Waals surface area contributed by atoms with Crippen LogP contribution in [0.25, 0.3) is 11.5 Å². The third-order valence-corrected chi connectivity index (χ3v) is 5.49. The number of rotatable bonds is 7. The lowest BCUT2D eigenvalue weighted by Gasteiger charge is -2.29. The van der Waals surface area contributed by atoms with Crippen LogP contribution >= 0.6 is 0 Å². The number of nitrogens with one attached hydrogen (secondary N) is 1. The largest absolute Gasteiger partial charge is 0.481 e. The maximum atomic E-state index is 14.0. The molecule has 0 fully saturated rings. The molecule has 10 nitrogen and oxygen atoms in total. The number of methoxy groups -OCH3 is 1. The fraction of sp³-hybridized carbons (Fsp3) is 0.217. The highest BCUT2D eigenvalue weighted by Gasteiger charge is 2.36. The number of amides is 1. The van der Waals surface area contributed by atoms with Crippen molar-refractivity contribution in [2.24, 2.45) is 7.05 Å².